The molecule has 13 heavy (non-hydrogen) atoms. The van der Waals surface area contributed by atoms with E-state index in [-0.39, 0.29) is 11.7 Å². The maximum absolute atomic E-state index is 10.5. The van der Waals surface area contributed by atoms with E-state index in [1.54, 1.807) is 13.0 Å². The summed E-state index contributed by atoms with van der Waals surface area (Å²) in [6.07, 6.45) is 1.43. The minimum absolute atomic E-state index is 0.170. The highest BCUT2D eigenvalue weighted by molar-refractivity contribution is 5.85. The number of hydrogen-bond acceptors (Lipinski definition) is 2. The molecule has 0 heterocycles. The topological polar surface area (TPSA) is 46.5 Å². The molecule has 3 heteroatoms. The highest BCUT2D eigenvalue weighted by atomic mass is 16.5. The summed E-state index contributed by atoms with van der Waals surface area (Å²) in [5, 5.41) is 8.61. The van der Waals surface area contributed by atoms with Gasteiger partial charge in [-0.3, -0.25) is 0 Å². The quantitative estimate of drug-likeness (QED) is 0.687. The Morgan fingerprint density at radius 3 is 2.23 bits per heavy atom. The summed E-state index contributed by atoms with van der Waals surface area (Å²) in [5.41, 5.74) is 0.0751. The molecule has 0 spiro atoms. The molecule has 0 radical (unpaired) electrons. The number of ether oxygens (including phenoxy) is 1. The summed E-state index contributed by atoms with van der Waals surface area (Å²) in [6, 6.07) is 0. The molecule has 1 atom stereocenters. The number of rotatable bonds is 3. The Morgan fingerprint density at radius 1 is 1.46 bits per heavy atom. The third kappa shape index (κ3) is 6.34. The Hall–Kier alpha value is -0.830. The summed E-state index contributed by atoms with van der Waals surface area (Å²) in [7, 11) is 0. The van der Waals surface area contributed by atoms with Gasteiger partial charge in [-0.05, 0) is 40.7 Å². The molecule has 0 aromatic carbocycles. The van der Waals surface area contributed by atoms with Gasteiger partial charge in [-0.15, -0.1) is 0 Å². The molecule has 3 nitrogen and oxygen atoms in total. The molecule has 0 saturated carbocycles. The fraction of sp³-hybridized carbons (Fsp3) is 0.700. The highest BCUT2D eigenvalue weighted by Gasteiger charge is 2.14. The molecule has 0 amide bonds. The van der Waals surface area contributed by atoms with Crippen molar-refractivity contribution >= 4 is 5.97 Å². The van der Waals surface area contributed by atoms with Crippen LogP contribution in [0.5, 0.6) is 0 Å². The lowest BCUT2D eigenvalue weighted by atomic mass is 10.1. The number of carboxylic acids is 1. The van der Waals surface area contributed by atoms with Gasteiger partial charge in [0.25, 0.3) is 0 Å². The Bertz CT molecular complexity index is 211. The Kier molecular flexibility index (Phi) is 4.14. The number of carboxylic acid groups (broad SMARTS) is 1. The number of hydrogen-bond donors (Lipinski definition) is 1. The van der Waals surface area contributed by atoms with Crippen molar-refractivity contribution in [3.8, 4) is 0 Å². The monoisotopic (exact) mass is 186 g/mol. The molecule has 1 N–H and O–H groups in total. The van der Waals surface area contributed by atoms with Crippen LogP contribution in [0.25, 0.3) is 0 Å². The van der Waals surface area contributed by atoms with E-state index in [0.717, 1.165) is 0 Å². The van der Waals surface area contributed by atoms with Crippen LogP contribution in [0.3, 0.4) is 0 Å². The standard InChI is InChI=1S/C10H18O3/c1-7(9(11)12)6-8(2)13-10(3,4)5/h6,8H,1-5H3,(H,11,12)/b7-6+. The molecule has 0 aromatic rings. The molecule has 0 aromatic heterocycles. The van der Waals surface area contributed by atoms with Crippen molar-refractivity contribution < 1.29 is 14.6 Å². The van der Waals surface area contributed by atoms with Crippen molar-refractivity contribution in [2.75, 3.05) is 0 Å². The van der Waals surface area contributed by atoms with Gasteiger partial charge < -0.3 is 9.84 Å². The fourth-order valence-corrected chi connectivity index (χ4v) is 1.02. The third-order valence-corrected chi connectivity index (χ3v) is 1.36. The second-order valence-electron chi connectivity index (χ2n) is 4.09. The molecule has 0 aliphatic rings. The summed E-state index contributed by atoms with van der Waals surface area (Å²) in [6.45, 7) is 9.21. The van der Waals surface area contributed by atoms with E-state index in [0.29, 0.717) is 5.57 Å². The van der Waals surface area contributed by atoms with Gasteiger partial charge in [0.1, 0.15) is 0 Å². The van der Waals surface area contributed by atoms with Crippen LogP contribution < -0.4 is 0 Å². The smallest absolute Gasteiger partial charge is 0.331 e. The number of carbonyl (C=O) groups is 1. The van der Waals surface area contributed by atoms with Crippen LogP contribution in [0, 0.1) is 0 Å². The van der Waals surface area contributed by atoms with Crippen molar-refractivity contribution in [2.24, 2.45) is 0 Å². The van der Waals surface area contributed by atoms with E-state index in [1.807, 2.05) is 27.7 Å². The Morgan fingerprint density at radius 2 is 1.92 bits per heavy atom. The first kappa shape index (κ1) is 12.2. The maximum Gasteiger partial charge on any atom is 0.331 e. The van der Waals surface area contributed by atoms with Crippen LogP contribution in [0.4, 0.5) is 0 Å². The van der Waals surface area contributed by atoms with Gasteiger partial charge >= 0.3 is 5.97 Å². The SMILES string of the molecule is C/C(=C\C(C)OC(C)(C)C)C(=O)O. The molecule has 0 rings (SSSR count). The normalized spacial score (nSPS) is 15.6. The molecule has 0 bridgehead atoms. The van der Waals surface area contributed by atoms with Gasteiger partial charge in [-0.2, -0.15) is 0 Å². The first-order chi connectivity index (χ1) is 5.72. The minimum Gasteiger partial charge on any atom is -0.478 e. The van der Waals surface area contributed by atoms with Crippen LogP contribution >= 0.6 is 0 Å². The fourth-order valence-electron chi connectivity index (χ4n) is 1.02. The highest BCUT2D eigenvalue weighted by Crippen LogP contribution is 2.12. The van der Waals surface area contributed by atoms with E-state index >= 15 is 0 Å². The molecular weight excluding hydrogens is 168 g/mol. The first-order valence-electron chi connectivity index (χ1n) is 4.32. The van der Waals surface area contributed by atoms with E-state index in [9.17, 15) is 4.79 Å². The molecular formula is C10H18O3. The zero-order chi connectivity index (χ0) is 10.6. The Balaban J connectivity index is 4.23. The molecule has 0 fully saturated rings. The van der Waals surface area contributed by atoms with Gasteiger partial charge in [-0.1, -0.05) is 0 Å². The van der Waals surface area contributed by atoms with Gasteiger partial charge in [0.15, 0.2) is 0 Å². The summed E-state index contributed by atoms with van der Waals surface area (Å²) < 4.78 is 5.52. The lowest BCUT2D eigenvalue weighted by Crippen LogP contribution is -2.24. The lowest BCUT2D eigenvalue weighted by Gasteiger charge is -2.23. The zero-order valence-electron chi connectivity index (χ0n) is 8.92. The van der Waals surface area contributed by atoms with Crippen molar-refractivity contribution in [1.29, 1.82) is 0 Å². The van der Waals surface area contributed by atoms with Gasteiger partial charge in [0.2, 0.25) is 0 Å². The molecule has 0 aliphatic carbocycles. The minimum atomic E-state index is -0.899. The second-order valence-corrected chi connectivity index (χ2v) is 4.09. The largest absolute Gasteiger partial charge is 0.478 e. The predicted octanol–water partition coefficient (Wildman–Crippen LogP) is 2.22. The van der Waals surface area contributed by atoms with Gasteiger partial charge in [-0.25, -0.2) is 4.79 Å². The average molecular weight is 186 g/mol. The molecule has 0 aliphatic heterocycles. The van der Waals surface area contributed by atoms with Gasteiger partial charge in [0.05, 0.1) is 11.7 Å². The van der Waals surface area contributed by atoms with Gasteiger partial charge in [0, 0.05) is 5.57 Å². The van der Waals surface area contributed by atoms with Crippen molar-refractivity contribution in [3.05, 3.63) is 11.6 Å². The maximum atomic E-state index is 10.5. The Labute approximate surface area is 79.4 Å². The zero-order valence-corrected chi connectivity index (χ0v) is 8.92. The van der Waals surface area contributed by atoms with Crippen LogP contribution in [0.1, 0.15) is 34.6 Å². The van der Waals surface area contributed by atoms with Crippen LogP contribution in [0.2, 0.25) is 0 Å². The predicted molar refractivity (Wildman–Crippen MR) is 51.7 cm³/mol. The van der Waals surface area contributed by atoms with E-state index < -0.39 is 5.97 Å². The van der Waals surface area contributed by atoms with Crippen LogP contribution in [-0.4, -0.2) is 22.8 Å². The lowest BCUT2D eigenvalue weighted by molar-refractivity contribution is -0.132. The van der Waals surface area contributed by atoms with E-state index in [4.69, 9.17) is 9.84 Å². The third-order valence-electron chi connectivity index (χ3n) is 1.36. The van der Waals surface area contributed by atoms with Crippen molar-refractivity contribution in [1.82, 2.24) is 0 Å². The summed E-state index contributed by atoms with van der Waals surface area (Å²) >= 11 is 0. The van der Waals surface area contributed by atoms with Crippen molar-refractivity contribution in [2.45, 2.75) is 46.3 Å². The summed E-state index contributed by atoms with van der Waals surface area (Å²) in [5.74, 6) is -0.899. The van der Waals surface area contributed by atoms with Crippen molar-refractivity contribution in [3.63, 3.8) is 0 Å². The van der Waals surface area contributed by atoms with Crippen LogP contribution in [0.15, 0.2) is 11.6 Å². The molecule has 1 unspecified atom stereocenters. The molecule has 76 valence electrons. The first-order valence-corrected chi connectivity index (χ1v) is 4.32. The van der Waals surface area contributed by atoms with Crippen LogP contribution in [-0.2, 0) is 9.53 Å². The molecule has 0 saturated heterocycles. The number of aliphatic carboxylic acids is 1. The second kappa shape index (κ2) is 4.42. The van der Waals surface area contributed by atoms with E-state index in [1.165, 1.54) is 0 Å². The average Bonchev–Trinajstić information content (AvgIpc) is 1.81. The summed E-state index contributed by atoms with van der Waals surface area (Å²) in [4.78, 5) is 10.5. The van der Waals surface area contributed by atoms with E-state index in [2.05, 4.69) is 0 Å².